The molecule has 19 heavy (non-hydrogen) atoms. The second kappa shape index (κ2) is 6.80. The Morgan fingerprint density at radius 2 is 1.79 bits per heavy atom. The molecule has 0 spiro atoms. The van der Waals surface area contributed by atoms with Gasteiger partial charge in [0.15, 0.2) is 6.54 Å². The van der Waals surface area contributed by atoms with E-state index in [-0.39, 0.29) is 11.4 Å². The molecule has 0 atom stereocenters. The maximum absolute atomic E-state index is 11.8. The van der Waals surface area contributed by atoms with E-state index < -0.39 is 0 Å². The Hall–Kier alpha value is -0.480. The van der Waals surface area contributed by atoms with E-state index in [9.17, 15) is 4.79 Å². The average molecular weight is 325 g/mol. The highest BCUT2D eigenvalue weighted by Gasteiger charge is 2.20. The number of hydrogen-bond acceptors (Lipinski definition) is 1. The minimum Gasteiger partial charge on any atom is -0.334 e. The number of carbonyl (C=O) groups excluding carboxylic acids is 1. The Labute approximate surface area is 128 Å². The van der Waals surface area contributed by atoms with Gasteiger partial charge in [-0.1, -0.05) is 41.7 Å². The minimum absolute atomic E-state index is 0.0405. The molecular formula is C13H18Cl3N2O+. The number of rotatable bonds is 5. The fraction of sp³-hybridized carbons (Fsp3) is 0.462. The van der Waals surface area contributed by atoms with E-state index in [1.54, 1.807) is 6.07 Å². The molecule has 3 N–H and O–H groups in total. The van der Waals surface area contributed by atoms with Crippen molar-refractivity contribution in [1.29, 1.82) is 0 Å². The first-order valence-corrected chi connectivity index (χ1v) is 7.17. The van der Waals surface area contributed by atoms with Crippen LogP contribution in [0.1, 0.15) is 27.2 Å². The first kappa shape index (κ1) is 16.6. The molecule has 0 bridgehead atoms. The third-order valence-electron chi connectivity index (χ3n) is 3.04. The quantitative estimate of drug-likeness (QED) is 0.802. The molecule has 1 rings (SSSR count). The zero-order valence-corrected chi connectivity index (χ0v) is 13.5. The summed E-state index contributed by atoms with van der Waals surface area (Å²) in [5, 5.41) is 5.82. The number of amides is 1. The van der Waals surface area contributed by atoms with Crippen molar-refractivity contribution in [3.8, 4) is 0 Å². The Balaban J connectivity index is 2.65. The van der Waals surface area contributed by atoms with Crippen LogP contribution in [0, 0.1) is 0 Å². The van der Waals surface area contributed by atoms with Gasteiger partial charge in [-0.2, -0.15) is 0 Å². The van der Waals surface area contributed by atoms with Crippen molar-refractivity contribution in [3.05, 3.63) is 27.2 Å². The summed E-state index contributed by atoms with van der Waals surface area (Å²) in [7, 11) is 0. The first-order valence-electron chi connectivity index (χ1n) is 6.04. The number of anilines is 1. The third kappa shape index (κ3) is 5.19. The predicted molar refractivity (Wildman–Crippen MR) is 81.3 cm³/mol. The van der Waals surface area contributed by atoms with Crippen LogP contribution in [0.15, 0.2) is 12.1 Å². The summed E-state index contributed by atoms with van der Waals surface area (Å²) in [6.07, 6.45) is 0.980. The summed E-state index contributed by atoms with van der Waals surface area (Å²) in [5.41, 5.74) is 0.516. The molecule has 0 saturated carbocycles. The fourth-order valence-electron chi connectivity index (χ4n) is 1.33. The molecule has 0 heterocycles. The minimum atomic E-state index is -0.123. The number of nitrogens with one attached hydrogen (secondary N) is 1. The largest absolute Gasteiger partial charge is 0.334 e. The molecule has 0 saturated heterocycles. The molecule has 0 aromatic heterocycles. The van der Waals surface area contributed by atoms with Crippen molar-refractivity contribution < 1.29 is 10.1 Å². The Morgan fingerprint density at radius 3 is 2.37 bits per heavy atom. The van der Waals surface area contributed by atoms with E-state index >= 15 is 0 Å². The first-order chi connectivity index (χ1) is 8.75. The van der Waals surface area contributed by atoms with Gasteiger partial charge < -0.3 is 10.6 Å². The van der Waals surface area contributed by atoms with Gasteiger partial charge in [-0.3, -0.25) is 4.79 Å². The van der Waals surface area contributed by atoms with Crippen LogP contribution in [0.3, 0.4) is 0 Å². The highest BCUT2D eigenvalue weighted by molar-refractivity contribution is 6.44. The van der Waals surface area contributed by atoms with Crippen LogP contribution in [0.5, 0.6) is 0 Å². The molecule has 1 aromatic carbocycles. The van der Waals surface area contributed by atoms with Crippen molar-refractivity contribution in [2.45, 2.75) is 32.7 Å². The summed E-state index contributed by atoms with van der Waals surface area (Å²) < 4.78 is 0. The molecule has 0 radical (unpaired) electrons. The lowest BCUT2D eigenvalue weighted by Crippen LogP contribution is -2.96. The Kier molecular flexibility index (Phi) is 5.93. The maximum atomic E-state index is 11.8. The normalized spacial score (nSPS) is 11.5. The van der Waals surface area contributed by atoms with Gasteiger partial charge in [-0.15, -0.1) is 0 Å². The monoisotopic (exact) mass is 323 g/mol. The molecule has 0 aliphatic rings. The maximum Gasteiger partial charge on any atom is 0.279 e. The number of halogens is 3. The number of hydrogen-bond donors (Lipinski definition) is 2. The van der Waals surface area contributed by atoms with E-state index in [2.05, 4.69) is 26.1 Å². The summed E-state index contributed by atoms with van der Waals surface area (Å²) in [4.78, 5) is 11.8. The van der Waals surface area contributed by atoms with Crippen LogP contribution in [0.2, 0.25) is 15.1 Å². The number of carbonyl (C=O) groups is 1. The summed E-state index contributed by atoms with van der Waals surface area (Å²) >= 11 is 17.7. The van der Waals surface area contributed by atoms with Gasteiger partial charge in [-0.05, 0) is 32.4 Å². The van der Waals surface area contributed by atoms with Crippen molar-refractivity contribution in [2.24, 2.45) is 0 Å². The van der Waals surface area contributed by atoms with Gasteiger partial charge in [0.25, 0.3) is 5.91 Å². The lowest BCUT2D eigenvalue weighted by molar-refractivity contribution is -0.711. The van der Waals surface area contributed by atoms with E-state index in [1.165, 1.54) is 6.07 Å². The average Bonchev–Trinajstić information content (AvgIpc) is 2.34. The van der Waals surface area contributed by atoms with Gasteiger partial charge in [0.1, 0.15) is 0 Å². The van der Waals surface area contributed by atoms with E-state index in [0.29, 0.717) is 27.3 Å². The fourth-order valence-corrected chi connectivity index (χ4v) is 1.93. The van der Waals surface area contributed by atoms with Crippen LogP contribution < -0.4 is 10.6 Å². The molecule has 0 aliphatic heterocycles. The molecule has 0 fully saturated rings. The van der Waals surface area contributed by atoms with Crippen LogP contribution in [0.4, 0.5) is 5.69 Å². The number of quaternary nitrogens is 1. The van der Waals surface area contributed by atoms with Crippen LogP contribution >= 0.6 is 34.8 Å². The van der Waals surface area contributed by atoms with Crippen LogP contribution in [-0.2, 0) is 4.79 Å². The topological polar surface area (TPSA) is 45.7 Å². The summed E-state index contributed by atoms with van der Waals surface area (Å²) in [6, 6.07) is 3.07. The lowest BCUT2D eigenvalue weighted by Gasteiger charge is -2.20. The van der Waals surface area contributed by atoms with Gasteiger partial charge in [-0.25, -0.2) is 0 Å². The van der Waals surface area contributed by atoms with Gasteiger partial charge in [0.2, 0.25) is 0 Å². The standard InChI is InChI=1S/C13H17Cl3N2O/c1-4-13(2,3)17-7-12(19)18-11-6-9(15)8(14)5-10(11)16/h5-6,17H,4,7H2,1-3H3,(H,18,19)/p+1. The van der Waals surface area contributed by atoms with Crippen molar-refractivity contribution in [1.82, 2.24) is 0 Å². The Bertz CT molecular complexity index is 475. The number of nitrogens with two attached hydrogens (primary N) is 1. The van der Waals surface area contributed by atoms with Gasteiger partial charge in [0, 0.05) is 0 Å². The molecular weight excluding hydrogens is 307 g/mol. The molecule has 6 heteroatoms. The highest BCUT2D eigenvalue weighted by Crippen LogP contribution is 2.32. The molecule has 0 unspecified atom stereocenters. The Morgan fingerprint density at radius 1 is 1.21 bits per heavy atom. The zero-order chi connectivity index (χ0) is 14.6. The molecule has 1 aromatic rings. The molecule has 3 nitrogen and oxygen atoms in total. The van der Waals surface area contributed by atoms with E-state index in [0.717, 1.165) is 6.42 Å². The van der Waals surface area contributed by atoms with E-state index in [1.807, 2.05) is 5.32 Å². The smallest absolute Gasteiger partial charge is 0.279 e. The third-order valence-corrected chi connectivity index (χ3v) is 4.07. The van der Waals surface area contributed by atoms with Crippen LogP contribution in [-0.4, -0.2) is 18.0 Å². The molecule has 0 aliphatic carbocycles. The van der Waals surface area contributed by atoms with E-state index in [4.69, 9.17) is 34.8 Å². The van der Waals surface area contributed by atoms with Crippen molar-refractivity contribution in [3.63, 3.8) is 0 Å². The zero-order valence-electron chi connectivity index (χ0n) is 11.2. The molecule has 106 valence electrons. The highest BCUT2D eigenvalue weighted by atomic mass is 35.5. The van der Waals surface area contributed by atoms with Gasteiger partial charge >= 0.3 is 0 Å². The van der Waals surface area contributed by atoms with Crippen molar-refractivity contribution in [2.75, 3.05) is 11.9 Å². The summed E-state index contributed by atoms with van der Waals surface area (Å²) in [6.45, 7) is 6.60. The predicted octanol–water partition coefficient (Wildman–Crippen LogP) is 3.34. The second-order valence-corrected chi connectivity index (χ2v) is 6.27. The number of benzene rings is 1. The second-order valence-electron chi connectivity index (χ2n) is 5.04. The van der Waals surface area contributed by atoms with Crippen molar-refractivity contribution >= 4 is 46.4 Å². The van der Waals surface area contributed by atoms with Crippen LogP contribution in [0.25, 0.3) is 0 Å². The lowest BCUT2D eigenvalue weighted by atomic mass is 10.0. The molecule has 1 amide bonds. The SMILES string of the molecule is CCC(C)(C)[NH2+]CC(=O)Nc1cc(Cl)c(Cl)cc1Cl. The summed E-state index contributed by atoms with van der Waals surface area (Å²) in [5.74, 6) is -0.123. The van der Waals surface area contributed by atoms with Gasteiger partial charge in [0.05, 0.1) is 26.3 Å².